The van der Waals surface area contributed by atoms with Gasteiger partial charge in [0.1, 0.15) is 0 Å². The Labute approximate surface area is 107 Å². The lowest BCUT2D eigenvalue weighted by Crippen LogP contribution is -2.18. The van der Waals surface area contributed by atoms with Crippen LogP contribution in [-0.4, -0.2) is 47.5 Å². The second-order valence-electron chi connectivity index (χ2n) is 5.89. The summed E-state index contributed by atoms with van der Waals surface area (Å²) < 4.78 is 13.7. The van der Waals surface area contributed by atoms with Gasteiger partial charge in [0.15, 0.2) is 5.82 Å². The number of rotatable bonds is 3. The van der Waals surface area contributed by atoms with Crippen LogP contribution in [0.4, 0.5) is 4.39 Å². The highest BCUT2D eigenvalue weighted by molar-refractivity contribution is 8.47. The van der Waals surface area contributed by atoms with Gasteiger partial charge in [-0.25, -0.2) is 30.0 Å². The van der Waals surface area contributed by atoms with Crippen molar-refractivity contribution in [1.82, 2.24) is 9.97 Å². The minimum Gasteiger partial charge on any atom is -0.236 e. The molecule has 0 aliphatic rings. The van der Waals surface area contributed by atoms with Gasteiger partial charge in [-0.2, -0.15) is 4.39 Å². The molecule has 0 atom stereocenters. The minimum absolute atomic E-state index is 0.282. The van der Waals surface area contributed by atoms with Gasteiger partial charge >= 0.3 is 0 Å². The minimum atomic E-state index is -0.864. The van der Waals surface area contributed by atoms with E-state index in [9.17, 15) is 4.39 Å². The van der Waals surface area contributed by atoms with Crippen LogP contribution >= 0.6 is 20.1 Å². The quantitative estimate of drug-likeness (QED) is 0.793. The van der Waals surface area contributed by atoms with Crippen LogP contribution in [0.3, 0.4) is 0 Å². The first-order chi connectivity index (χ1) is 7.51. The van der Waals surface area contributed by atoms with Gasteiger partial charge in [-0.05, 0) is 44.5 Å². The fourth-order valence-electron chi connectivity index (χ4n) is 2.16. The summed E-state index contributed by atoms with van der Waals surface area (Å²) in [5.74, 6) is 0.275. The second kappa shape index (κ2) is 4.76. The zero-order valence-corrected chi connectivity index (χ0v) is 13.4. The van der Waals surface area contributed by atoms with E-state index in [0.717, 1.165) is 0 Å². The Balaban J connectivity index is 3.33. The van der Waals surface area contributed by atoms with Gasteiger partial charge in [0.2, 0.25) is 5.95 Å². The highest BCUT2D eigenvalue weighted by Crippen LogP contribution is 2.67. The third kappa shape index (κ3) is 3.85. The average molecular weight is 278 g/mol. The molecule has 1 aromatic heterocycles. The van der Waals surface area contributed by atoms with Crippen LogP contribution < -0.4 is 0 Å². The summed E-state index contributed by atoms with van der Waals surface area (Å²) >= 11 is 0. The maximum Gasteiger partial charge on any atom is 0.216 e. The summed E-state index contributed by atoms with van der Waals surface area (Å²) in [5, 5.41) is 0. The topological polar surface area (TPSA) is 25.8 Å². The van der Waals surface area contributed by atoms with Crippen LogP contribution in [0.1, 0.15) is 16.1 Å². The lowest BCUT2D eigenvalue weighted by molar-refractivity contribution is 0.570. The first kappa shape index (κ1) is 14.8. The first-order valence-electron chi connectivity index (χ1n) is 5.37. The van der Waals surface area contributed by atoms with Crippen LogP contribution in [0.15, 0.2) is 6.07 Å². The van der Waals surface area contributed by atoms with E-state index in [1.54, 1.807) is 0 Å². The lowest BCUT2D eigenvalue weighted by Gasteiger charge is -2.46. The van der Waals surface area contributed by atoms with E-state index < -0.39 is 26.0 Å². The van der Waals surface area contributed by atoms with E-state index in [2.05, 4.69) is 47.5 Å². The molecule has 0 bridgehead atoms. The molecule has 0 aliphatic heterocycles. The molecule has 1 aromatic rings. The molecule has 0 spiro atoms. The fraction of sp³-hybridized carbons (Fsp3) is 0.667. The molecule has 0 N–H and O–H groups in total. The summed E-state index contributed by atoms with van der Waals surface area (Å²) in [7, 11) is -1.73. The predicted molar refractivity (Wildman–Crippen MR) is 80.2 cm³/mol. The van der Waals surface area contributed by atoms with Gasteiger partial charge in [-0.15, -0.1) is 0 Å². The summed E-state index contributed by atoms with van der Waals surface area (Å²) in [5.41, 5.74) is 0.713. The van der Waals surface area contributed by atoms with Crippen LogP contribution in [-0.2, 0) is 0 Å². The number of aryl methyl sites for hydroxylation is 1. The molecule has 17 heavy (non-hydrogen) atoms. The van der Waals surface area contributed by atoms with Crippen molar-refractivity contribution in [2.75, 3.05) is 37.5 Å². The van der Waals surface area contributed by atoms with Crippen molar-refractivity contribution < 1.29 is 4.39 Å². The Morgan fingerprint density at radius 3 is 1.82 bits per heavy atom. The van der Waals surface area contributed by atoms with E-state index in [1.807, 2.05) is 6.92 Å². The highest BCUT2D eigenvalue weighted by atomic mass is 32.3. The molecule has 1 rings (SSSR count). The van der Waals surface area contributed by atoms with Crippen molar-refractivity contribution in [2.45, 2.75) is 11.5 Å². The van der Waals surface area contributed by atoms with E-state index >= 15 is 0 Å². The van der Waals surface area contributed by atoms with Crippen molar-refractivity contribution in [3.8, 4) is 0 Å². The molecule has 0 saturated carbocycles. The zero-order valence-electron chi connectivity index (χ0n) is 11.7. The van der Waals surface area contributed by atoms with Crippen molar-refractivity contribution >= 4 is 20.1 Å². The second-order valence-corrected chi connectivity index (χ2v) is 14.9. The van der Waals surface area contributed by atoms with Gasteiger partial charge in [0.25, 0.3) is 0 Å². The van der Waals surface area contributed by atoms with Gasteiger partial charge < -0.3 is 0 Å². The molecule has 0 fully saturated rings. The molecular weight excluding hydrogens is 255 g/mol. The lowest BCUT2D eigenvalue weighted by atomic mass is 10.4. The van der Waals surface area contributed by atoms with E-state index in [-0.39, 0.29) is 4.58 Å². The predicted octanol–water partition coefficient (Wildman–Crippen LogP) is 3.31. The molecule has 5 heteroatoms. The Morgan fingerprint density at radius 2 is 1.47 bits per heavy atom. The van der Waals surface area contributed by atoms with E-state index in [0.29, 0.717) is 11.5 Å². The number of hydrogen-bond donors (Lipinski definition) is 0. The molecule has 2 nitrogen and oxygen atoms in total. The number of halogens is 1. The normalized spacial score (nSPS) is 15.1. The summed E-state index contributed by atoms with van der Waals surface area (Å²) in [4.78, 5) is 8.49. The molecule has 0 saturated heterocycles. The van der Waals surface area contributed by atoms with Crippen molar-refractivity contribution in [3.05, 3.63) is 23.5 Å². The smallest absolute Gasteiger partial charge is 0.216 e. The molecule has 100 valence electrons. The Hall–Kier alpha value is -0.290. The first-order valence-corrected chi connectivity index (χ1v) is 11.2. The third-order valence-corrected chi connectivity index (χ3v) is 8.79. The Bertz CT molecular complexity index is 374. The summed E-state index contributed by atoms with van der Waals surface area (Å²) in [6.07, 6.45) is 13.5. The van der Waals surface area contributed by atoms with Crippen LogP contribution in [0.25, 0.3) is 0 Å². The molecular formula is C12H23FN2S2. The van der Waals surface area contributed by atoms with Crippen LogP contribution in [0, 0.1) is 12.9 Å². The zero-order chi connectivity index (χ0) is 13.4. The Kier molecular flexibility index (Phi) is 4.14. The monoisotopic (exact) mass is 278 g/mol. The molecule has 0 aromatic carbocycles. The molecule has 0 aliphatic carbocycles. The number of aromatic nitrogens is 2. The van der Waals surface area contributed by atoms with Gasteiger partial charge in [0.05, 0.1) is 4.58 Å². The standard InChI is InChI=1S/C12H23FN2S2/c1-9-8-10(13)15-11(14-9)12(16(2,3)4)17(5,6)7/h8,12H,1-7H3. The largest absolute Gasteiger partial charge is 0.236 e. The molecule has 0 amide bonds. The molecule has 1 heterocycles. The molecule has 0 unspecified atom stereocenters. The van der Waals surface area contributed by atoms with Crippen LogP contribution in [0.2, 0.25) is 0 Å². The van der Waals surface area contributed by atoms with E-state index in [1.165, 1.54) is 6.07 Å². The van der Waals surface area contributed by atoms with Crippen molar-refractivity contribution in [1.29, 1.82) is 0 Å². The third-order valence-electron chi connectivity index (χ3n) is 2.34. The van der Waals surface area contributed by atoms with Gasteiger partial charge in [0, 0.05) is 11.8 Å². The summed E-state index contributed by atoms with van der Waals surface area (Å²) in [6, 6.07) is 1.39. The van der Waals surface area contributed by atoms with Crippen LogP contribution in [0.5, 0.6) is 0 Å². The van der Waals surface area contributed by atoms with Crippen molar-refractivity contribution in [2.24, 2.45) is 0 Å². The van der Waals surface area contributed by atoms with Gasteiger partial charge in [-0.1, -0.05) is 0 Å². The summed E-state index contributed by atoms with van der Waals surface area (Å²) in [6.45, 7) is 1.82. The number of nitrogens with zero attached hydrogens (tertiary/aromatic N) is 2. The maximum atomic E-state index is 13.4. The van der Waals surface area contributed by atoms with E-state index in [4.69, 9.17) is 0 Å². The van der Waals surface area contributed by atoms with Crippen molar-refractivity contribution in [3.63, 3.8) is 0 Å². The Morgan fingerprint density at radius 1 is 1.00 bits per heavy atom. The van der Waals surface area contributed by atoms with Gasteiger partial charge in [-0.3, -0.25) is 0 Å². The maximum absolute atomic E-state index is 13.4. The fourth-order valence-corrected chi connectivity index (χ4v) is 10.6. The average Bonchev–Trinajstić information content (AvgIpc) is 1.93. The SMILES string of the molecule is Cc1cc(F)nc(C(S(C)(C)C)S(C)(C)C)n1. The highest BCUT2D eigenvalue weighted by Gasteiger charge is 2.33. The molecule has 0 radical (unpaired) electrons. The number of hydrogen-bond acceptors (Lipinski definition) is 2.